The summed E-state index contributed by atoms with van der Waals surface area (Å²) < 4.78 is 32.5. The Labute approximate surface area is 170 Å². The SMILES string of the molecule is C=C1N=C(N)C=CN1[C@@H]1O[C@](CC)(COC(=O)C(C)C)[C@@H](OC(=O)C(C)C)[C@H]1F. The van der Waals surface area contributed by atoms with Gasteiger partial charge in [-0.2, -0.15) is 0 Å². The Morgan fingerprint density at radius 3 is 2.48 bits per heavy atom. The summed E-state index contributed by atoms with van der Waals surface area (Å²) in [6.45, 7) is 12.0. The summed E-state index contributed by atoms with van der Waals surface area (Å²) in [4.78, 5) is 29.7. The zero-order valence-corrected chi connectivity index (χ0v) is 17.6. The van der Waals surface area contributed by atoms with Gasteiger partial charge < -0.3 is 24.8 Å². The first-order valence-electron chi connectivity index (χ1n) is 9.71. The van der Waals surface area contributed by atoms with E-state index in [1.54, 1.807) is 34.6 Å². The molecule has 4 atom stereocenters. The molecule has 0 aromatic rings. The molecule has 1 fully saturated rings. The van der Waals surface area contributed by atoms with E-state index < -0.39 is 42.0 Å². The van der Waals surface area contributed by atoms with E-state index in [0.29, 0.717) is 0 Å². The van der Waals surface area contributed by atoms with Gasteiger partial charge in [-0.05, 0) is 12.5 Å². The number of amidine groups is 1. The molecule has 29 heavy (non-hydrogen) atoms. The highest BCUT2D eigenvalue weighted by Crippen LogP contribution is 2.41. The van der Waals surface area contributed by atoms with E-state index in [1.165, 1.54) is 17.2 Å². The molecule has 0 aliphatic carbocycles. The number of carbonyl (C=O) groups is 2. The van der Waals surface area contributed by atoms with E-state index in [1.807, 2.05) is 0 Å². The third-order valence-electron chi connectivity index (χ3n) is 4.92. The summed E-state index contributed by atoms with van der Waals surface area (Å²) >= 11 is 0. The van der Waals surface area contributed by atoms with Crippen LogP contribution in [0.2, 0.25) is 0 Å². The number of esters is 2. The van der Waals surface area contributed by atoms with Gasteiger partial charge in [-0.1, -0.05) is 41.2 Å². The van der Waals surface area contributed by atoms with Gasteiger partial charge in [-0.25, -0.2) is 9.38 Å². The summed E-state index contributed by atoms with van der Waals surface area (Å²) in [5.41, 5.74) is 4.30. The molecule has 0 aromatic carbocycles. The van der Waals surface area contributed by atoms with Gasteiger partial charge in [0, 0.05) is 6.20 Å². The molecule has 0 bridgehead atoms. The summed E-state index contributed by atoms with van der Waals surface area (Å²) in [6, 6.07) is 0. The smallest absolute Gasteiger partial charge is 0.308 e. The fourth-order valence-electron chi connectivity index (χ4n) is 3.04. The summed E-state index contributed by atoms with van der Waals surface area (Å²) in [5, 5.41) is 0. The molecule has 9 heteroatoms. The van der Waals surface area contributed by atoms with Crippen LogP contribution < -0.4 is 5.73 Å². The normalized spacial score (nSPS) is 29.4. The van der Waals surface area contributed by atoms with Crippen molar-refractivity contribution < 1.29 is 28.2 Å². The Morgan fingerprint density at radius 1 is 1.34 bits per heavy atom. The monoisotopic (exact) mass is 411 g/mol. The van der Waals surface area contributed by atoms with Crippen LogP contribution in [0.3, 0.4) is 0 Å². The minimum Gasteiger partial charge on any atom is -0.462 e. The Morgan fingerprint density at radius 2 is 1.97 bits per heavy atom. The highest BCUT2D eigenvalue weighted by Gasteiger charge is 2.59. The van der Waals surface area contributed by atoms with Crippen molar-refractivity contribution in [2.24, 2.45) is 22.6 Å². The molecule has 0 aromatic heterocycles. The van der Waals surface area contributed by atoms with Crippen LogP contribution in [0, 0.1) is 11.8 Å². The van der Waals surface area contributed by atoms with Crippen LogP contribution in [-0.4, -0.2) is 53.4 Å². The van der Waals surface area contributed by atoms with E-state index in [2.05, 4.69) is 11.6 Å². The molecule has 0 spiro atoms. The molecule has 0 saturated carbocycles. The first-order valence-corrected chi connectivity index (χ1v) is 9.71. The van der Waals surface area contributed by atoms with E-state index in [0.717, 1.165) is 0 Å². The van der Waals surface area contributed by atoms with Gasteiger partial charge in [0.05, 0.1) is 11.8 Å². The number of halogens is 1. The maximum absolute atomic E-state index is 15.6. The van der Waals surface area contributed by atoms with Gasteiger partial charge in [0.25, 0.3) is 0 Å². The van der Waals surface area contributed by atoms with Crippen molar-refractivity contribution in [1.82, 2.24) is 4.90 Å². The average molecular weight is 411 g/mol. The van der Waals surface area contributed by atoms with Gasteiger partial charge in [0.1, 0.15) is 23.9 Å². The molecule has 2 aliphatic rings. The highest BCUT2D eigenvalue weighted by molar-refractivity contribution is 5.92. The molecule has 0 unspecified atom stereocenters. The van der Waals surface area contributed by atoms with E-state index >= 15 is 4.39 Å². The largest absolute Gasteiger partial charge is 0.462 e. The minimum atomic E-state index is -1.73. The number of alkyl halides is 1. The number of nitrogens with zero attached hydrogens (tertiary/aromatic N) is 2. The maximum atomic E-state index is 15.6. The molecular formula is C20H30FN3O5. The molecule has 0 radical (unpaired) electrons. The second kappa shape index (κ2) is 8.94. The lowest BCUT2D eigenvalue weighted by atomic mass is 9.93. The van der Waals surface area contributed by atoms with Gasteiger partial charge in [0.2, 0.25) is 0 Å². The van der Waals surface area contributed by atoms with E-state index in [9.17, 15) is 9.59 Å². The van der Waals surface area contributed by atoms with Gasteiger partial charge >= 0.3 is 11.9 Å². The number of aliphatic imine (C=N–C) groups is 1. The van der Waals surface area contributed by atoms with Crippen LogP contribution in [0.4, 0.5) is 4.39 Å². The molecule has 2 heterocycles. The minimum absolute atomic E-state index is 0.192. The van der Waals surface area contributed by atoms with Crippen molar-refractivity contribution in [3.05, 3.63) is 24.7 Å². The number of nitrogens with two attached hydrogens (primary N) is 1. The maximum Gasteiger partial charge on any atom is 0.308 e. The topological polar surface area (TPSA) is 103 Å². The molecule has 2 rings (SSSR count). The predicted molar refractivity (Wildman–Crippen MR) is 105 cm³/mol. The molecule has 162 valence electrons. The number of ether oxygens (including phenoxy) is 3. The third kappa shape index (κ3) is 4.77. The zero-order valence-electron chi connectivity index (χ0n) is 17.6. The van der Waals surface area contributed by atoms with Crippen LogP contribution in [0.25, 0.3) is 0 Å². The first kappa shape index (κ1) is 22.9. The quantitative estimate of drug-likeness (QED) is 0.641. The summed E-state index contributed by atoms with van der Waals surface area (Å²) in [5.74, 6) is -1.41. The lowest BCUT2D eigenvalue weighted by Gasteiger charge is -2.33. The fourth-order valence-corrected chi connectivity index (χ4v) is 3.04. The lowest BCUT2D eigenvalue weighted by molar-refractivity contribution is -0.183. The first-order chi connectivity index (χ1) is 13.5. The van der Waals surface area contributed by atoms with Crippen molar-refractivity contribution in [1.29, 1.82) is 0 Å². The van der Waals surface area contributed by atoms with Crippen LogP contribution in [0.1, 0.15) is 41.0 Å². The Kier molecular flexibility index (Phi) is 7.05. The second-order valence-corrected chi connectivity index (χ2v) is 7.82. The van der Waals surface area contributed by atoms with Crippen LogP contribution in [0.5, 0.6) is 0 Å². The van der Waals surface area contributed by atoms with Crippen LogP contribution >= 0.6 is 0 Å². The number of hydrogen-bond acceptors (Lipinski definition) is 8. The lowest BCUT2D eigenvalue weighted by Crippen LogP contribution is -2.49. The van der Waals surface area contributed by atoms with Crippen molar-refractivity contribution in [3.8, 4) is 0 Å². The Hall–Kier alpha value is -2.42. The standard InChI is InChI=1S/C20H30FN3O5/c1-7-20(10-27-18(25)11(2)3)16(28-19(26)12(4)5)15(21)17(29-20)24-9-8-14(22)23-13(24)6/h8-9,11-12,15-17H,6-7,10H2,1-5H3,(H2,22,23)/t15-,16+,17-,20-/m1/s1. The van der Waals surface area contributed by atoms with Gasteiger partial charge in [0.15, 0.2) is 18.5 Å². The number of hydrogen-bond donors (Lipinski definition) is 1. The van der Waals surface area contributed by atoms with Crippen LogP contribution in [0.15, 0.2) is 29.7 Å². The zero-order chi connectivity index (χ0) is 21.9. The van der Waals surface area contributed by atoms with Gasteiger partial charge in [-0.3, -0.25) is 9.59 Å². The third-order valence-corrected chi connectivity index (χ3v) is 4.92. The van der Waals surface area contributed by atoms with E-state index in [-0.39, 0.29) is 30.6 Å². The molecule has 2 N–H and O–H groups in total. The van der Waals surface area contributed by atoms with Crippen molar-refractivity contribution in [2.75, 3.05) is 6.61 Å². The molecular weight excluding hydrogens is 381 g/mol. The van der Waals surface area contributed by atoms with Crippen molar-refractivity contribution in [2.45, 2.75) is 65.1 Å². The van der Waals surface area contributed by atoms with Gasteiger partial charge in [-0.15, -0.1) is 0 Å². The molecule has 0 amide bonds. The summed E-state index contributed by atoms with van der Waals surface area (Å²) in [6.07, 6.45) is -0.915. The Balaban J connectivity index is 2.34. The van der Waals surface area contributed by atoms with E-state index in [4.69, 9.17) is 19.9 Å². The number of rotatable bonds is 7. The predicted octanol–water partition coefficient (Wildman–Crippen LogP) is 2.25. The highest BCUT2D eigenvalue weighted by atomic mass is 19.1. The van der Waals surface area contributed by atoms with Crippen molar-refractivity contribution >= 4 is 17.8 Å². The number of carbonyl (C=O) groups excluding carboxylic acids is 2. The average Bonchev–Trinajstić information content (AvgIpc) is 2.92. The summed E-state index contributed by atoms with van der Waals surface area (Å²) in [7, 11) is 0. The molecule has 8 nitrogen and oxygen atoms in total. The second-order valence-electron chi connectivity index (χ2n) is 7.82. The fraction of sp³-hybridized carbons (Fsp3) is 0.650. The van der Waals surface area contributed by atoms with Crippen LogP contribution in [-0.2, 0) is 23.8 Å². The molecule has 2 aliphatic heterocycles. The molecule has 1 saturated heterocycles. The van der Waals surface area contributed by atoms with Crippen molar-refractivity contribution in [3.63, 3.8) is 0 Å². The Bertz CT molecular complexity index is 721.